The Morgan fingerprint density at radius 3 is 2.06 bits per heavy atom. The first-order valence-electron chi connectivity index (χ1n) is 12.5. The van der Waals surface area contributed by atoms with E-state index in [-0.39, 0.29) is 11.5 Å². The van der Waals surface area contributed by atoms with Crippen molar-refractivity contribution in [2.24, 2.45) is 5.10 Å². The number of esters is 1. The van der Waals surface area contributed by atoms with Crippen LogP contribution < -0.4 is 10.2 Å². The standard InChI is InChI=1S/C28H37FN2O3/c1-2-3-4-5-6-7-8-9-10-11-12-17-27(32)31-30-22-23-18-20-24(21-19-23)34-28(33)25-15-13-14-16-26(25)29/h13-16,18-22H,2-12,17H2,1H3,(H,31,32)/b30-22+. The second-order valence-corrected chi connectivity index (χ2v) is 8.52. The topological polar surface area (TPSA) is 67.8 Å². The van der Waals surface area contributed by atoms with Crippen molar-refractivity contribution in [2.75, 3.05) is 0 Å². The summed E-state index contributed by atoms with van der Waals surface area (Å²) in [4.78, 5) is 24.0. The zero-order valence-corrected chi connectivity index (χ0v) is 20.2. The predicted octanol–water partition coefficient (Wildman–Crippen LogP) is 7.20. The molecule has 2 aromatic rings. The van der Waals surface area contributed by atoms with E-state index in [1.54, 1.807) is 30.3 Å². The molecule has 184 valence electrons. The van der Waals surface area contributed by atoms with Crippen LogP contribution in [0.3, 0.4) is 0 Å². The molecule has 2 aromatic carbocycles. The summed E-state index contributed by atoms with van der Waals surface area (Å²) in [5.74, 6) is -1.18. The van der Waals surface area contributed by atoms with Crippen LogP contribution in [0.5, 0.6) is 5.75 Å². The summed E-state index contributed by atoms with van der Waals surface area (Å²) in [6.45, 7) is 2.24. The van der Waals surface area contributed by atoms with E-state index in [2.05, 4.69) is 17.5 Å². The number of carbonyl (C=O) groups is 2. The fraction of sp³-hybridized carbons (Fsp3) is 0.464. The zero-order valence-electron chi connectivity index (χ0n) is 20.2. The monoisotopic (exact) mass is 468 g/mol. The molecule has 6 heteroatoms. The molecule has 1 amide bonds. The van der Waals surface area contributed by atoms with Gasteiger partial charge in [0.15, 0.2) is 0 Å². The van der Waals surface area contributed by atoms with Crippen LogP contribution in [-0.2, 0) is 4.79 Å². The highest BCUT2D eigenvalue weighted by Gasteiger charge is 2.13. The number of rotatable bonds is 16. The van der Waals surface area contributed by atoms with Crippen LogP contribution in [0.15, 0.2) is 53.6 Å². The van der Waals surface area contributed by atoms with Crippen molar-refractivity contribution in [2.45, 2.75) is 84.0 Å². The first kappa shape index (κ1) is 27.2. The number of halogens is 1. The second-order valence-electron chi connectivity index (χ2n) is 8.52. The van der Waals surface area contributed by atoms with E-state index in [0.717, 1.165) is 18.4 Å². The van der Waals surface area contributed by atoms with Crippen LogP contribution in [0.4, 0.5) is 4.39 Å². The molecule has 34 heavy (non-hydrogen) atoms. The lowest BCUT2D eigenvalue weighted by Gasteiger charge is -2.05. The minimum absolute atomic E-state index is 0.0948. The number of hydrazone groups is 1. The fourth-order valence-electron chi connectivity index (χ4n) is 3.60. The number of hydrogen-bond donors (Lipinski definition) is 1. The Hall–Kier alpha value is -3.02. The molecule has 5 nitrogen and oxygen atoms in total. The summed E-state index contributed by atoms with van der Waals surface area (Å²) in [5, 5.41) is 3.98. The van der Waals surface area contributed by atoms with Crippen molar-refractivity contribution < 1.29 is 18.7 Å². The number of nitrogens with zero attached hydrogens (tertiary/aromatic N) is 1. The van der Waals surface area contributed by atoms with Crippen molar-refractivity contribution in [3.63, 3.8) is 0 Å². The Bertz CT molecular complexity index is 897. The second kappa shape index (κ2) is 16.6. The summed E-state index contributed by atoms with van der Waals surface area (Å²) in [6, 6.07) is 12.2. The lowest BCUT2D eigenvalue weighted by molar-refractivity contribution is -0.121. The summed E-state index contributed by atoms with van der Waals surface area (Å²) in [6.07, 6.45) is 15.7. The van der Waals surface area contributed by atoms with Gasteiger partial charge in [-0.2, -0.15) is 5.10 Å². The van der Waals surface area contributed by atoms with Crippen LogP contribution in [-0.4, -0.2) is 18.1 Å². The normalized spacial score (nSPS) is 11.0. The van der Waals surface area contributed by atoms with Gasteiger partial charge in [-0.05, 0) is 48.4 Å². The number of unbranched alkanes of at least 4 members (excludes halogenated alkanes) is 10. The van der Waals surface area contributed by atoms with Gasteiger partial charge in [-0.15, -0.1) is 0 Å². The van der Waals surface area contributed by atoms with Crippen molar-refractivity contribution in [1.82, 2.24) is 5.43 Å². The van der Waals surface area contributed by atoms with Gasteiger partial charge >= 0.3 is 5.97 Å². The van der Waals surface area contributed by atoms with Crippen LogP contribution in [0.2, 0.25) is 0 Å². The van der Waals surface area contributed by atoms with E-state index in [1.165, 1.54) is 82.2 Å². The van der Waals surface area contributed by atoms with Gasteiger partial charge in [0.2, 0.25) is 5.91 Å². The molecule has 2 rings (SSSR count). The quantitative estimate of drug-likeness (QED) is 0.0931. The minimum Gasteiger partial charge on any atom is -0.423 e. The third-order valence-electron chi connectivity index (χ3n) is 5.59. The molecular weight excluding hydrogens is 431 g/mol. The maximum atomic E-state index is 13.7. The molecule has 0 aliphatic rings. The first-order chi connectivity index (χ1) is 16.6. The number of hydrogen-bond acceptors (Lipinski definition) is 4. The van der Waals surface area contributed by atoms with Crippen LogP contribution >= 0.6 is 0 Å². The molecule has 1 N–H and O–H groups in total. The van der Waals surface area contributed by atoms with Crippen LogP contribution in [0, 0.1) is 5.82 Å². The minimum atomic E-state index is -0.755. The first-order valence-corrected chi connectivity index (χ1v) is 12.5. The number of amides is 1. The van der Waals surface area contributed by atoms with Crippen molar-refractivity contribution in [1.29, 1.82) is 0 Å². The Morgan fingerprint density at radius 2 is 1.44 bits per heavy atom. The maximum Gasteiger partial charge on any atom is 0.346 e. The number of carbonyl (C=O) groups excluding carboxylic acids is 2. The fourth-order valence-corrected chi connectivity index (χ4v) is 3.60. The lowest BCUT2D eigenvalue weighted by Crippen LogP contribution is -2.16. The summed E-state index contributed by atoms with van der Waals surface area (Å²) in [5.41, 5.74) is 3.16. The molecule has 0 aliphatic carbocycles. The van der Waals surface area contributed by atoms with Crippen LogP contribution in [0.25, 0.3) is 0 Å². The van der Waals surface area contributed by atoms with E-state index in [4.69, 9.17) is 4.74 Å². The van der Waals surface area contributed by atoms with Gasteiger partial charge in [-0.25, -0.2) is 14.6 Å². The largest absolute Gasteiger partial charge is 0.423 e. The number of ether oxygens (including phenoxy) is 1. The maximum absolute atomic E-state index is 13.7. The van der Waals surface area contributed by atoms with Gasteiger partial charge in [-0.1, -0.05) is 83.3 Å². The molecule has 0 bridgehead atoms. The van der Waals surface area contributed by atoms with E-state index < -0.39 is 11.8 Å². The highest BCUT2D eigenvalue weighted by Crippen LogP contribution is 2.15. The van der Waals surface area contributed by atoms with E-state index in [9.17, 15) is 14.0 Å². The van der Waals surface area contributed by atoms with Gasteiger partial charge in [0, 0.05) is 6.42 Å². The molecule has 0 atom stereocenters. The van der Waals surface area contributed by atoms with Crippen LogP contribution in [0.1, 0.15) is 99.9 Å². The lowest BCUT2D eigenvalue weighted by atomic mass is 10.1. The SMILES string of the molecule is CCCCCCCCCCCCCC(=O)N/N=C/c1ccc(OC(=O)c2ccccc2F)cc1. The predicted molar refractivity (Wildman–Crippen MR) is 135 cm³/mol. The zero-order chi connectivity index (χ0) is 24.4. The molecule has 0 saturated heterocycles. The average Bonchev–Trinajstić information content (AvgIpc) is 2.84. The van der Waals surface area contributed by atoms with E-state index >= 15 is 0 Å². The smallest absolute Gasteiger partial charge is 0.346 e. The Morgan fingerprint density at radius 1 is 0.853 bits per heavy atom. The Labute approximate surface area is 202 Å². The number of benzene rings is 2. The molecule has 0 heterocycles. The number of nitrogens with one attached hydrogen (secondary N) is 1. The molecule has 0 radical (unpaired) electrons. The highest BCUT2D eigenvalue weighted by molar-refractivity contribution is 5.91. The molecule has 0 unspecified atom stereocenters. The summed E-state index contributed by atoms with van der Waals surface area (Å²) >= 11 is 0. The molecule has 0 aromatic heterocycles. The van der Waals surface area contributed by atoms with Gasteiger partial charge in [-0.3, -0.25) is 4.79 Å². The molecular formula is C28H37FN2O3. The van der Waals surface area contributed by atoms with Gasteiger partial charge < -0.3 is 4.74 Å². The van der Waals surface area contributed by atoms with E-state index in [0.29, 0.717) is 12.2 Å². The summed E-state index contributed by atoms with van der Waals surface area (Å²) < 4.78 is 18.9. The molecule has 0 aliphatic heterocycles. The van der Waals surface area contributed by atoms with Gasteiger partial charge in [0.05, 0.1) is 11.8 Å². The van der Waals surface area contributed by atoms with Crippen molar-refractivity contribution in [3.05, 3.63) is 65.5 Å². The molecule has 0 saturated carbocycles. The third-order valence-corrected chi connectivity index (χ3v) is 5.59. The third kappa shape index (κ3) is 11.2. The highest BCUT2D eigenvalue weighted by atomic mass is 19.1. The van der Waals surface area contributed by atoms with E-state index in [1.807, 2.05) is 0 Å². The average molecular weight is 469 g/mol. The Balaban J connectivity index is 1.56. The van der Waals surface area contributed by atoms with Gasteiger partial charge in [0.25, 0.3) is 0 Å². The van der Waals surface area contributed by atoms with Crippen molar-refractivity contribution >= 4 is 18.1 Å². The molecule has 0 fully saturated rings. The Kier molecular flexibility index (Phi) is 13.3. The summed E-state index contributed by atoms with van der Waals surface area (Å²) in [7, 11) is 0. The van der Waals surface area contributed by atoms with Gasteiger partial charge in [0.1, 0.15) is 11.6 Å². The molecule has 0 spiro atoms. The van der Waals surface area contributed by atoms with Crippen molar-refractivity contribution in [3.8, 4) is 5.75 Å².